The number of nitrogens with zero attached hydrogens (tertiary/aromatic N) is 2. The highest BCUT2D eigenvalue weighted by molar-refractivity contribution is 9.10. The number of benzene rings is 2. The number of hydrogen-bond donors (Lipinski definition) is 0. The molecule has 1 aromatic heterocycles. The first-order valence-corrected chi connectivity index (χ1v) is 8.96. The molecular weight excluding hydrogens is 380 g/mol. The fraction of sp³-hybridized carbons (Fsp3) is 0.250. The van der Waals surface area contributed by atoms with Crippen molar-refractivity contribution in [2.75, 3.05) is 27.2 Å². The van der Waals surface area contributed by atoms with Crippen LogP contribution in [0.25, 0.3) is 22.2 Å². The van der Waals surface area contributed by atoms with E-state index >= 15 is 0 Å². The molecule has 5 heteroatoms. The van der Waals surface area contributed by atoms with E-state index in [0.29, 0.717) is 6.61 Å². The van der Waals surface area contributed by atoms with Gasteiger partial charge in [0, 0.05) is 28.9 Å². The predicted molar refractivity (Wildman–Crippen MR) is 105 cm³/mol. The van der Waals surface area contributed by atoms with Crippen LogP contribution in [0.5, 0.6) is 5.75 Å². The first-order valence-electron chi connectivity index (χ1n) is 8.17. The third kappa shape index (κ3) is 3.62. The van der Waals surface area contributed by atoms with E-state index in [2.05, 4.69) is 20.8 Å². The zero-order chi connectivity index (χ0) is 18.0. The van der Waals surface area contributed by atoms with E-state index in [1.807, 2.05) is 62.6 Å². The summed E-state index contributed by atoms with van der Waals surface area (Å²) < 4.78 is 8.86. The summed E-state index contributed by atoms with van der Waals surface area (Å²) in [6.07, 6.45) is 0. The van der Waals surface area contributed by atoms with Gasteiger partial charge in [0.15, 0.2) is 5.75 Å². The zero-order valence-corrected chi connectivity index (χ0v) is 16.2. The van der Waals surface area contributed by atoms with Crippen molar-refractivity contribution in [3.63, 3.8) is 0 Å². The second-order valence-corrected chi connectivity index (χ2v) is 7.13. The average Bonchev–Trinajstić information content (AvgIpc) is 2.89. The van der Waals surface area contributed by atoms with Crippen molar-refractivity contribution in [3.8, 4) is 17.0 Å². The summed E-state index contributed by atoms with van der Waals surface area (Å²) >= 11 is 3.53. The SMILES string of the molecule is CC(=O)n1c(-c2ccccc2)c(OCCN(C)C)c2cc(Br)ccc21. The number of likely N-dealkylation sites (N-methyl/N-ethyl adjacent to an activating group) is 1. The summed E-state index contributed by atoms with van der Waals surface area (Å²) in [6.45, 7) is 2.93. The van der Waals surface area contributed by atoms with E-state index in [1.165, 1.54) is 0 Å². The molecule has 0 aliphatic carbocycles. The maximum Gasteiger partial charge on any atom is 0.228 e. The minimum Gasteiger partial charge on any atom is -0.489 e. The summed E-state index contributed by atoms with van der Waals surface area (Å²) in [7, 11) is 4.02. The van der Waals surface area contributed by atoms with Crippen LogP contribution in [0, 0.1) is 0 Å². The lowest BCUT2D eigenvalue weighted by molar-refractivity contribution is 0.0943. The molecule has 130 valence electrons. The fourth-order valence-corrected chi connectivity index (χ4v) is 3.26. The highest BCUT2D eigenvalue weighted by Crippen LogP contribution is 2.41. The second-order valence-electron chi connectivity index (χ2n) is 6.21. The Hall–Kier alpha value is -2.11. The summed E-state index contributed by atoms with van der Waals surface area (Å²) in [5.74, 6) is 0.716. The number of aromatic nitrogens is 1. The van der Waals surface area contributed by atoms with Crippen LogP contribution in [0.15, 0.2) is 53.0 Å². The van der Waals surface area contributed by atoms with Gasteiger partial charge in [0.25, 0.3) is 0 Å². The summed E-state index contributed by atoms with van der Waals surface area (Å²) in [4.78, 5) is 14.5. The van der Waals surface area contributed by atoms with Crippen molar-refractivity contribution < 1.29 is 9.53 Å². The fourth-order valence-electron chi connectivity index (χ4n) is 2.89. The molecule has 0 bridgehead atoms. The molecular formula is C20H21BrN2O2. The van der Waals surface area contributed by atoms with Gasteiger partial charge in [-0.1, -0.05) is 46.3 Å². The van der Waals surface area contributed by atoms with Crippen LogP contribution < -0.4 is 4.74 Å². The molecule has 25 heavy (non-hydrogen) atoms. The number of carbonyl (C=O) groups is 1. The molecule has 3 aromatic rings. The van der Waals surface area contributed by atoms with E-state index in [4.69, 9.17) is 4.74 Å². The minimum atomic E-state index is -0.0337. The summed E-state index contributed by atoms with van der Waals surface area (Å²) in [5.41, 5.74) is 2.62. The van der Waals surface area contributed by atoms with Crippen molar-refractivity contribution in [3.05, 3.63) is 53.0 Å². The molecule has 0 aliphatic rings. The van der Waals surface area contributed by atoms with Crippen molar-refractivity contribution in [1.29, 1.82) is 0 Å². The number of rotatable bonds is 5. The second kappa shape index (κ2) is 7.42. The average molecular weight is 401 g/mol. The molecule has 0 spiro atoms. The van der Waals surface area contributed by atoms with E-state index in [-0.39, 0.29) is 5.91 Å². The monoisotopic (exact) mass is 400 g/mol. The van der Waals surface area contributed by atoms with Gasteiger partial charge in [-0.3, -0.25) is 9.36 Å². The predicted octanol–water partition coefficient (Wildman–Crippen LogP) is 4.67. The Balaban J connectivity index is 2.25. The summed E-state index contributed by atoms with van der Waals surface area (Å²) in [6, 6.07) is 15.8. The first kappa shape index (κ1) is 17.7. The van der Waals surface area contributed by atoms with Gasteiger partial charge in [0.1, 0.15) is 6.61 Å². The van der Waals surface area contributed by atoms with Crippen LogP contribution in [0.1, 0.15) is 11.7 Å². The van der Waals surface area contributed by atoms with Crippen molar-refractivity contribution >= 4 is 32.7 Å². The molecule has 0 saturated heterocycles. The maximum absolute atomic E-state index is 12.4. The third-order valence-electron chi connectivity index (χ3n) is 4.03. The number of hydrogen-bond acceptors (Lipinski definition) is 3. The highest BCUT2D eigenvalue weighted by atomic mass is 79.9. The van der Waals surface area contributed by atoms with E-state index in [0.717, 1.165) is 38.9 Å². The Morgan fingerprint density at radius 3 is 2.52 bits per heavy atom. The molecule has 2 aromatic carbocycles. The molecule has 0 aliphatic heterocycles. The normalized spacial score (nSPS) is 11.2. The molecule has 1 heterocycles. The largest absolute Gasteiger partial charge is 0.489 e. The number of ether oxygens (including phenoxy) is 1. The van der Waals surface area contributed by atoms with Crippen LogP contribution in [0.2, 0.25) is 0 Å². The Bertz CT molecular complexity index is 901. The lowest BCUT2D eigenvalue weighted by Gasteiger charge is -2.13. The number of carbonyl (C=O) groups excluding carboxylic acids is 1. The third-order valence-corrected chi connectivity index (χ3v) is 4.52. The Morgan fingerprint density at radius 1 is 1.16 bits per heavy atom. The topological polar surface area (TPSA) is 34.5 Å². The van der Waals surface area contributed by atoms with E-state index < -0.39 is 0 Å². The molecule has 0 N–H and O–H groups in total. The molecule has 4 nitrogen and oxygen atoms in total. The van der Waals surface area contributed by atoms with Crippen LogP contribution in [-0.2, 0) is 0 Å². The standard InChI is InChI=1S/C20H21BrN2O2/c1-14(24)23-18-10-9-16(21)13-17(18)20(25-12-11-22(2)3)19(23)15-7-5-4-6-8-15/h4-10,13H,11-12H2,1-3H3. The molecule has 0 unspecified atom stereocenters. The molecule has 0 saturated carbocycles. The van der Waals surface area contributed by atoms with Gasteiger partial charge in [0.2, 0.25) is 5.91 Å². The molecule has 0 radical (unpaired) electrons. The number of halogens is 1. The van der Waals surface area contributed by atoms with E-state index in [9.17, 15) is 4.79 Å². The van der Waals surface area contributed by atoms with Crippen LogP contribution in [0.4, 0.5) is 0 Å². The maximum atomic E-state index is 12.4. The quantitative estimate of drug-likeness (QED) is 0.623. The first-order chi connectivity index (χ1) is 12.0. The Kier molecular flexibility index (Phi) is 5.25. The Labute approximate surface area is 156 Å². The van der Waals surface area contributed by atoms with Crippen LogP contribution in [-0.4, -0.2) is 42.6 Å². The van der Waals surface area contributed by atoms with Crippen LogP contribution in [0.3, 0.4) is 0 Å². The Morgan fingerprint density at radius 2 is 1.88 bits per heavy atom. The molecule has 0 fully saturated rings. The van der Waals surface area contributed by atoms with Gasteiger partial charge in [-0.25, -0.2) is 0 Å². The lowest BCUT2D eigenvalue weighted by atomic mass is 10.1. The van der Waals surface area contributed by atoms with Gasteiger partial charge in [-0.15, -0.1) is 0 Å². The van der Waals surface area contributed by atoms with Crippen molar-refractivity contribution in [1.82, 2.24) is 9.47 Å². The van der Waals surface area contributed by atoms with Gasteiger partial charge in [-0.2, -0.15) is 0 Å². The zero-order valence-electron chi connectivity index (χ0n) is 14.6. The number of fused-ring (bicyclic) bond motifs is 1. The molecule has 0 atom stereocenters. The van der Waals surface area contributed by atoms with Gasteiger partial charge < -0.3 is 9.64 Å². The summed E-state index contributed by atoms with van der Waals surface area (Å²) in [5, 5.41) is 0.933. The smallest absolute Gasteiger partial charge is 0.228 e. The highest BCUT2D eigenvalue weighted by Gasteiger charge is 2.22. The van der Waals surface area contributed by atoms with E-state index in [1.54, 1.807) is 11.5 Å². The minimum absolute atomic E-state index is 0.0337. The van der Waals surface area contributed by atoms with Gasteiger partial charge in [0.05, 0.1) is 11.2 Å². The van der Waals surface area contributed by atoms with Crippen molar-refractivity contribution in [2.45, 2.75) is 6.92 Å². The lowest BCUT2D eigenvalue weighted by Crippen LogP contribution is -2.19. The molecule has 0 amide bonds. The van der Waals surface area contributed by atoms with Crippen LogP contribution >= 0.6 is 15.9 Å². The van der Waals surface area contributed by atoms with Crippen molar-refractivity contribution in [2.24, 2.45) is 0 Å². The van der Waals surface area contributed by atoms with Gasteiger partial charge in [-0.05, 0) is 32.3 Å². The van der Waals surface area contributed by atoms with Gasteiger partial charge >= 0.3 is 0 Å². The molecule has 3 rings (SSSR count).